The number of nitrogens with zero attached hydrogens (tertiary/aromatic N) is 2. The summed E-state index contributed by atoms with van der Waals surface area (Å²) in [5, 5.41) is 0. The van der Waals surface area contributed by atoms with Crippen molar-refractivity contribution >= 4 is 17.8 Å². The van der Waals surface area contributed by atoms with E-state index >= 15 is 0 Å². The Morgan fingerprint density at radius 2 is 0.746 bits per heavy atom. The van der Waals surface area contributed by atoms with Gasteiger partial charge in [0.25, 0.3) is 0 Å². The molecule has 0 fully saturated rings. The number of hydrogen-bond donors (Lipinski definition) is 0. The van der Waals surface area contributed by atoms with Crippen molar-refractivity contribution in [2.75, 3.05) is 46.9 Å². The fourth-order valence-electron chi connectivity index (χ4n) is 8.61. The van der Waals surface area contributed by atoms with E-state index in [2.05, 4.69) is 75.9 Å². The topological polar surface area (TPSA) is 76.1 Å². The number of ether oxygens (including phenoxy) is 2. The lowest BCUT2D eigenvalue weighted by atomic mass is 9.91. The smallest absolute Gasteiger partial charge is 0.306 e. The SMILES string of the molecule is CCCCCCC(C/C=C\COC(=O)CCCCCCCN(CCCCCCCC(=O)OC/C=C\CC(CCCCCC)CCCCCC)C(=O)CCCN(C)C)CCCCCC. The minimum Gasteiger partial charge on any atom is -0.461 e. The fraction of sp³-hybridized carbons (Fsp3) is 0.875. The van der Waals surface area contributed by atoms with Crippen molar-refractivity contribution in [3.63, 3.8) is 0 Å². The molecule has 0 saturated heterocycles. The van der Waals surface area contributed by atoms with E-state index in [9.17, 15) is 14.4 Å². The van der Waals surface area contributed by atoms with E-state index in [1.807, 2.05) is 0 Å². The quantitative estimate of drug-likeness (QED) is 0.0344. The molecule has 370 valence electrons. The summed E-state index contributed by atoms with van der Waals surface area (Å²) in [5.41, 5.74) is 0. The van der Waals surface area contributed by atoms with Crippen LogP contribution in [0.1, 0.15) is 259 Å². The molecule has 0 rings (SSSR count). The number of hydrogen-bond acceptors (Lipinski definition) is 6. The number of unbranched alkanes of at least 4 members (excludes halogenated alkanes) is 20. The first-order chi connectivity index (χ1) is 30.8. The Kier molecular flexibility index (Phi) is 46.2. The molecule has 0 aromatic carbocycles. The largest absolute Gasteiger partial charge is 0.461 e. The van der Waals surface area contributed by atoms with Crippen molar-refractivity contribution in [3.05, 3.63) is 24.3 Å². The summed E-state index contributed by atoms with van der Waals surface area (Å²) < 4.78 is 11.0. The monoisotopic (exact) mass is 887 g/mol. The summed E-state index contributed by atoms with van der Waals surface area (Å²) in [6.07, 6.45) is 49.8. The molecule has 0 unspecified atom stereocenters. The van der Waals surface area contributed by atoms with Crippen molar-refractivity contribution in [2.45, 2.75) is 259 Å². The number of allylic oxidation sites excluding steroid dienone is 2. The number of carbonyl (C=O) groups is 3. The summed E-state index contributed by atoms with van der Waals surface area (Å²) in [4.78, 5) is 42.1. The zero-order valence-electron chi connectivity index (χ0n) is 42.9. The third-order valence-corrected chi connectivity index (χ3v) is 12.8. The highest BCUT2D eigenvalue weighted by molar-refractivity contribution is 5.76. The van der Waals surface area contributed by atoms with Gasteiger partial charge in [0.1, 0.15) is 13.2 Å². The summed E-state index contributed by atoms with van der Waals surface area (Å²) in [6.45, 7) is 12.4. The Hall–Kier alpha value is -2.15. The van der Waals surface area contributed by atoms with Gasteiger partial charge in [0.15, 0.2) is 0 Å². The third kappa shape index (κ3) is 43.5. The van der Waals surface area contributed by atoms with E-state index < -0.39 is 0 Å². The van der Waals surface area contributed by atoms with Gasteiger partial charge in [0, 0.05) is 32.4 Å². The van der Waals surface area contributed by atoms with E-state index in [4.69, 9.17) is 9.47 Å². The predicted molar refractivity (Wildman–Crippen MR) is 271 cm³/mol. The van der Waals surface area contributed by atoms with Crippen LogP contribution in [0.5, 0.6) is 0 Å². The molecule has 0 bridgehead atoms. The zero-order valence-corrected chi connectivity index (χ0v) is 42.9. The maximum absolute atomic E-state index is 13.2. The van der Waals surface area contributed by atoms with Crippen molar-refractivity contribution < 1.29 is 23.9 Å². The van der Waals surface area contributed by atoms with E-state index in [0.717, 1.165) is 115 Å². The zero-order chi connectivity index (χ0) is 46.3. The van der Waals surface area contributed by atoms with Gasteiger partial charge in [0.05, 0.1) is 0 Å². The Bertz CT molecular complexity index is 980. The average Bonchev–Trinajstić information content (AvgIpc) is 3.26. The second kappa shape index (κ2) is 47.8. The Balaban J connectivity index is 4.35. The molecule has 0 heterocycles. The lowest BCUT2D eigenvalue weighted by Crippen LogP contribution is -2.33. The van der Waals surface area contributed by atoms with Crippen LogP contribution in [0.4, 0.5) is 0 Å². The minimum absolute atomic E-state index is 0.0900. The highest BCUT2D eigenvalue weighted by atomic mass is 16.5. The maximum atomic E-state index is 13.2. The van der Waals surface area contributed by atoms with Crippen LogP contribution >= 0.6 is 0 Å². The minimum atomic E-state index is -0.0900. The van der Waals surface area contributed by atoms with Gasteiger partial charge in [-0.05, 0) is 77.4 Å². The highest BCUT2D eigenvalue weighted by Gasteiger charge is 2.14. The van der Waals surface area contributed by atoms with Crippen LogP contribution < -0.4 is 0 Å². The summed E-state index contributed by atoms with van der Waals surface area (Å²) in [7, 11) is 4.11. The predicted octanol–water partition coefficient (Wildman–Crippen LogP) is 15.9. The number of amides is 1. The Labute approximate surface area is 392 Å². The summed E-state index contributed by atoms with van der Waals surface area (Å²) >= 11 is 0. The molecule has 0 aromatic rings. The lowest BCUT2D eigenvalue weighted by Gasteiger charge is -2.23. The molecule has 0 radical (unpaired) electrons. The standard InChI is InChI=1S/C56H106N2O5/c1-7-11-15-25-38-52(39-26-16-12-8-2)42-31-35-50-62-55(60)45-29-21-19-23-33-48-58(54(59)44-37-47-57(5)6)49-34-24-20-22-30-46-56(61)63-51-36-32-43-53(40-27-17-13-9-3)41-28-18-14-10-4/h31-32,35-36,52-53H,7-30,33-34,37-51H2,1-6H3/b35-31-,36-32-. The molecular weight excluding hydrogens is 781 g/mol. The van der Waals surface area contributed by atoms with Gasteiger partial charge >= 0.3 is 11.9 Å². The van der Waals surface area contributed by atoms with Gasteiger partial charge in [-0.2, -0.15) is 0 Å². The molecule has 0 aliphatic rings. The molecule has 7 nitrogen and oxygen atoms in total. The molecule has 0 N–H and O–H groups in total. The fourth-order valence-corrected chi connectivity index (χ4v) is 8.61. The van der Waals surface area contributed by atoms with Crippen LogP contribution in [0.25, 0.3) is 0 Å². The maximum Gasteiger partial charge on any atom is 0.306 e. The average molecular weight is 887 g/mol. The molecule has 0 aliphatic heterocycles. The first-order valence-electron chi connectivity index (χ1n) is 27.3. The van der Waals surface area contributed by atoms with Gasteiger partial charge in [-0.3, -0.25) is 14.4 Å². The molecule has 1 amide bonds. The van der Waals surface area contributed by atoms with Crippen LogP contribution in [0.15, 0.2) is 24.3 Å². The van der Waals surface area contributed by atoms with E-state index in [1.165, 1.54) is 128 Å². The molecular formula is C56H106N2O5. The van der Waals surface area contributed by atoms with Gasteiger partial charge in [-0.15, -0.1) is 0 Å². The summed E-state index contributed by atoms with van der Waals surface area (Å²) in [5.74, 6) is 1.61. The van der Waals surface area contributed by atoms with Crippen LogP contribution in [-0.2, 0) is 23.9 Å². The first-order valence-corrected chi connectivity index (χ1v) is 27.3. The van der Waals surface area contributed by atoms with Gasteiger partial charge in [-0.25, -0.2) is 0 Å². The molecule has 0 saturated carbocycles. The molecule has 0 aliphatic carbocycles. The van der Waals surface area contributed by atoms with Crippen molar-refractivity contribution in [3.8, 4) is 0 Å². The van der Waals surface area contributed by atoms with Crippen molar-refractivity contribution in [2.24, 2.45) is 11.8 Å². The lowest BCUT2D eigenvalue weighted by molar-refractivity contribution is -0.143. The molecule has 7 heteroatoms. The molecule has 0 aromatic heterocycles. The van der Waals surface area contributed by atoms with Crippen molar-refractivity contribution in [1.29, 1.82) is 0 Å². The second-order valence-corrected chi connectivity index (χ2v) is 19.2. The Morgan fingerprint density at radius 1 is 0.397 bits per heavy atom. The molecule has 0 spiro atoms. The van der Waals surface area contributed by atoms with E-state index in [1.54, 1.807) is 0 Å². The number of esters is 2. The van der Waals surface area contributed by atoms with E-state index in [0.29, 0.717) is 32.5 Å². The Morgan fingerprint density at radius 3 is 1.11 bits per heavy atom. The first kappa shape index (κ1) is 60.9. The molecule has 63 heavy (non-hydrogen) atoms. The highest BCUT2D eigenvalue weighted by Crippen LogP contribution is 2.23. The number of rotatable bonds is 48. The third-order valence-electron chi connectivity index (χ3n) is 12.8. The van der Waals surface area contributed by atoms with E-state index in [-0.39, 0.29) is 17.8 Å². The van der Waals surface area contributed by atoms with Crippen molar-refractivity contribution in [1.82, 2.24) is 9.80 Å². The van der Waals surface area contributed by atoms with Crippen LogP contribution in [0, 0.1) is 11.8 Å². The number of carbonyl (C=O) groups excluding carboxylic acids is 3. The summed E-state index contributed by atoms with van der Waals surface area (Å²) in [6, 6.07) is 0. The van der Waals surface area contributed by atoms with Crippen LogP contribution in [-0.4, -0.2) is 74.6 Å². The van der Waals surface area contributed by atoms with Gasteiger partial charge < -0.3 is 19.3 Å². The van der Waals surface area contributed by atoms with Gasteiger partial charge in [-0.1, -0.05) is 219 Å². The van der Waals surface area contributed by atoms with Crippen LogP contribution in [0.2, 0.25) is 0 Å². The second-order valence-electron chi connectivity index (χ2n) is 19.2. The van der Waals surface area contributed by atoms with Gasteiger partial charge in [0.2, 0.25) is 5.91 Å². The normalized spacial score (nSPS) is 11.9. The van der Waals surface area contributed by atoms with Crippen LogP contribution in [0.3, 0.4) is 0 Å². The molecule has 0 atom stereocenters.